The maximum atomic E-state index is 6.10. The molecule has 0 saturated carbocycles. The van der Waals surface area contributed by atoms with Crippen molar-refractivity contribution >= 4 is 81.9 Å². The van der Waals surface area contributed by atoms with E-state index < -0.39 is 0 Å². The number of thiazole rings is 1. The highest BCUT2D eigenvalue weighted by molar-refractivity contribution is 7.22. The molecular formula is C50H31N3OS2. The van der Waals surface area contributed by atoms with Gasteiger partial charge in [-0.2, -0.15) is 0 Å². The third-order valence-corrected chi connectivity index (χ3v) is 12.6. The number of fused-ring (bicyclic) bond motifs is 4. The van der Waals surface area contributed by atoms with Gasteiger partial charge in [0.2, 0.25) is 5.89 Å². The Morgan fingerprint density at radius 2 is 1.00 bits per heavy atom. The summed E-state index contributed by atoms with van der Waals surface area (Å²) in [7, 11) is 0. The van der Waals surface area contributed by atoms with Crippen LogP contribution in [0.5, 0.6) is 0 Å². The van der Waals surface area contributed by atoms with Gasteiger partial charge < -0.3 is 9.32 Å². The molecule has 0 unspecified atom stereocenters. The predicted molar refractivity (Wildman–Crippen MR) is 237 cm³/mol. The third-order valence-electron chi connectivity index (χ3n) is 10.4. The van der Waals surface area contributed by atoms with Crippen molar-refractivity contribution in [2.45, 2.75) is 0 Å². The van der Waals surface area contributed by atoms with Crippen LogP contribution in [0.4, 0.5) is 17.1 Å². The molecule has 0 N–H and O–H groups in total. The van der Waals surface area contributed by atoms with E-state index in [4.69, 9.17) is 14.4 Å². The van der Waals surface area contributed by atoms with Crippen LogP contribution < -0.4 is 4.90 Å². The standard InChI is InChI=1S/C50H31N3OS2/c1-7-15-46-35(9-1)31-48(55-46)42-30-29-39(40-10-2-3-11-41(40)42)32-17-23-36(24-18-32)53(37-25-19-33(20-26-37)49-51-43-12-4-6-14-45(43)54-49)38-27-21-34(22-28-38)50-52-44-13-5-8-16-47(44)56-50/h1-31H. The summed E-state index contributed by atoms with van der Waals surface area (Å²) in [6, 6.07) is 66.5. The molecule has 0 aliphatic rings. The number of anilines is 3. The van der Waals surface area contributed by atoms with Crippen LogP contribution in [-0.4, -0.2) is 9.97 Å². The number of para-hydroxylation sites is 3. The highest BCUT2D eigenvalue weighted by Crippen LogP contribution is 2.42. The third kappa shape index (κ3) is 5.75. The molecule has 0 saturated heterocycles. The molecule has 0 atom stereocenters. The lowest BCUT2D eigenvalue weighted by atomic mass is 9.94. The van der Waals surface area contributed by atoms with Crippen LogP contribution in [0.2, 0.25) is 0 Å². The zero-order chi connectivity index (χ0) is 37.0. The Hall–Kier alpha value is -6.86. The number of oxazole rings is 1. The Morgan fingerprint density at radius 1 is 0.429 bits per heavy atom. The molecule has 3 heterocycles. The van der Waals surface area contributed by atoms with Crippen molar-refractivity contribution in [2.75, 3.05) is 4.90 Å². The molecule has 0 fully saturated rings. The second-order valence-electron chi connectivity index (χ2n) is 13.8. The van der Waals surface area contributed by atoms with Gasteiger partial charge in [-0.1, -0.05) is 91.0 Å². The number of rotatable bonds is 7. The summed E-state index contributed by atoms with van der Waals surface area (Å²) in [6.07, 6.45) is 0. The Labute approximate surface area is 331 Å². The number of hydrogen-bond donors (Lipinski definition) is 0. The first-order valence-corrected chi connectivity index (χ1v) is 20.2. The molecule has 6 heteroatoms. The maximum Gasteiger partial charge on any atom is 0.227 e. The monoisotopic (exact) mass is 753 g/mol. The van der Waals surface area contributed by atoms with Gasteiger partial charge in [0, 0.05) is 37.8 Å². The minimum absolute atomic E-state index is 0.611. The van der Waals surface area contributed by atoms with Gasteiger partial charge in [0.25, 0.3) is 0 Å². The van der Waals surface area contributed by atoms with Gasteiger partial charge in [-0.3, -0.25) is 0 Å². The minimum atomic E-state index is 0.611. The maximum absolute atomic E-state index is 6.10. The Kier molecular flexibility index (Phi) is 7.83. The Morgan fingerprint density at radius 3 is 1.70 bits per heavy atom. The summed E-state index contributed by atoms with van der Waals surface area (Å²) in [5, 5.41) is 4.80. The summed E-state index contributed by atoms with van der Waals surface area (Å²) in [6.45, 7) is 0. The lowest BCUT2D eigenvalue weighted by Gasteiger charge is -2.26. The number of thiophene rings is 1. The molecule has 0 aliphatic carbocycles. The molecule has 11 aromatic rings. The summed E-state index contributed by atoms with van der Waals surface area (Å²) in [5.41, 5.74) is 11.5. The van der Waals surface area contributed by atoms with Crippen molar-refractivity contribution in [3.63, 3.8) is 0 Å². The molecule has 0 radical (unpaired) electrons. The fourth-order valence-electron chi connectivity index (χ4n) is 7.62. The second-order valence-corrected chi connectivity index (χ2v) is 15.9. The quantitative estimate of drug-likeness (QED) is 0.163. The SMILES string of the molecule is c1ccc2sc(-c3ccc(-c4ccc(N(c5ccc(-c6nc7ccccc7o6)cc5)c5ccc(-c6nc7ccccc7s6)cc5)cc4)c4ccccc34)cc2c1. The van der Waals surface area contributed by atoms with Gasteiger partial charge in [0.1, 0.15) is 10.5 Å². The normalized spacial score (nSPS) is 11.6. The zero-order valence-corrected chi connectivity index (χ0v) is 31.6. The van der Waals surface area contributed by atoms with Crippen LogP contribution in [0, 0.1) is 0 Å². The van der Waals surface area contributed by atoms with Gasteiger partial charge in [0.15, 0.2) is 5.58 Å². The van der Waals surface area contributed by atoms with Crippen molar-refractivity contribution in [3.8, 4) is 43.6 Å². The molecule has 8 aromatic carbocycles. The first-order valence-electron chi connectivity index (χ1n) is 18.6. The van der Waals surface area contributed by atoms with Gasteiger partial charge >= 0.3 is 0 Å². The Balaban J connectivity index is 0.971. The smallest absolute Gasteiger partial charge is 0.227 e. The molecule has 264 valence electrons. The molecule has 0 spiro atoms. The number of aromatic nitrogens is 2. The summed E-state index contributed by atoms with van der Waals surface area (Å²) >= 11 is 3.57. The van der Waals surface area contributed by atoms with Crippen LogP contribution in [0.3, 0.4) is 0 Å². The molecule has 3 aromatic heterocycles. The fraction of sp³-hybridized carbons (Fsp3) is 0. The van der Waals surface area contributed by atoms with Crippen molar-refractivity contribution in [2.24, 2.45) is 0 Å². The van der Waals surface area contributed by atoms with E-state index in [2.05, 4.69) is 163 Å². The first-order chi connectivity index (χ1) is 27.7. The molecule has 56 heavy (non-hydrogen) atoms. The second kappa shape index (κ2) is 13.5. The summed E-state index contributed by atoms with van der Waals surface area (Å²) < 4.78 is 8.60. The van der Waals surface area contributed by atoms with E-state index in [0.29, 0.717) is 5.89 Å². The van der Waals surface area contributed by atoms with Gasteiger partial charge in [-0.15, -0.1) is 22.7 Å². The van der Waals surface area contributed by atoms with Crippen LogP contribution in [0.15, 0.2) is 192 Å². The molecule has 0 bridgehead atoms. The molecule has 11 rings (SSSR count). The molecule has 0 aliphatic heterocycles. The van der Waals surface area contributed by atoms with Gasteiger partial charge in [0.05, 0.1) is 10.2 Å². The number of nitrogens with zero attached hydrogens (tertiary/aromatic N) is 3. The largest absolute Gasteiger partial charge is 0.436 e. The number of hydrogen-bond acceptors (Lipinski definition) is 6. The highest BCUT2D eigenvalue weighted by Gasteiger charge is 2.17. The molecule has 4 nitrogen and oxygen atoms in total. The van der Waals surface area contributed by atoms with Gasteiger partial charge in [-0.25, -0.2) is 9.97 Å². The van der Waals surface area contributed by atoms with E-state index in [0.717, 1.165) is 49.8 Å². The molecular weight excluding hydrogens is 723 g/mol. The van der Waals surface area contributed by atoms with E-state index in [1.807, 2.05) is 41.7 Å². The lowest BCUT2D eigenvalue weighted by Crippen LogP contribution is -2.09. The highest BCUT2D eigenvalue weighted by atomic mass is 32.1. The van der Waals surface area contributed by atoms with Crippen LogP contribution in [0.25, 0.3) is 85.8 Å². The van der Waals surface area contributed by atoms with Crippen LogP contribution >= 0.6 is 22.7 Å². The lowest BCUT2D eigenvalue weighted by molar-refractivity contribution is 0.620. The average molecular weight is 754 g/mol. The van der Waals surface area contributed by atoms with Crippen molar-refractivity contribution < 1.29 is 4.42 Å². The van der Waals surface area contributed by atoms with E-state index in [1.165, 1.54) is 47.1 Å². The first kappa shape index (κ1) is 32.6. The van der Waals surface area contributed by atoms with E-state index in [9.17, 15) is 0 Å². The minimum Gasteiger partial charge on any atom is -0.436 e. The fourth-order valence-corrected chi connectivity index (χ4v) is 9.69. The van der Waals surface area contributed by atoms with E-state index in [-0.39, 0.29) is 0 Å². The summed E-state index contributed by atoms with van der Waals surface area (Å²) in [5.74, 6) is 0.611. The van der Waals surface area contributed by atoms with Gasteiger partial charge in [-0.05, 0) is 130 Å². The number of benzene rings is 8. The zero-order valence-electron chi connectivity index (χ0n) is 30.0. The van der Waals surface area contributed by atoms with Crippen LogP contribution in [-0.2, 0) is 0 Å². The van der Waals surface area contributed by atoms with E-state index >= 15 is 0 Å². The average Bonchev–Trinajstić information content (AvgIpc) is 4.01. The topological polar surface area (TPSA) is 42.2 Å². The van der Waals surface area contributed by atoms with Crippen molar-refractivity contribution in [3.05, 3.63) is 188 Å². The van der Waals surface area contributed by atoms with Crippen molar-refractivity contribution in [1.29, 1.82) is 0 Å². The predicted octanol–water partition coefficient (Wildman–Crippen LogP) is 14.9. The summed E-state index contributed by atoms with van der Waals surface area (Å²) in [4.78, 5) is 13.2. The molecule has 0 amide bonds. The van der Waals surface area contributed by atoms with Crippen molar-refractivity contribution in [1.82, 2.24) is 9.97 Å². The van der Waals surface area contributed by atoms with Crippen LogP contribution in [0.1, 0.15) is 0 Å². The van der Waals surface area contributed by atoms with E-state index in [1.54, 1.807) is 11.3 Å². The Bertz CT molecular complexity index is 2980.